The number of oxazole rings is 1. The minimum atomic E-state index is -0.715. The number of methoxy groups -OCH3 is 1. The molecular weight excluding hydrogens is 310 g/mol. The van der Waals surface area contributed by atoms with Gasteiger partial charge in [-0.2, -0.15) is 0 Å². The maximum atomic E-state index is 12.0. The third-order valence-electron chi connectivity index (χ3n) is 3.46. The van der Waals surface area contributed by atoms with Crippen molar-refractivity contribution < 1.29 is 18.7 Å². The Morgan fingerprint density at radius 2 is 2.12 bits per heavy atom. The molecule has 1 heterocycles. The molecule has 0 bridgehead atoms. The van der Waals surface area contributed by atoms with Crippen LogP contribution < -0.4 is 15.4 Å². The lowest BCUT2D eigenvalue weighted by Crippen LogP contribution is -2.40. The fourth-order valence-corrected chi connectivity index (χ4v) is 2.30. The van der Waals surface area contributed by atoms with Crippen molar-refractivity contribution in [3.8, 4) is 17.1 Å². The highest BCUT2D eigenvalue weighted by Gasteiger charge is 2.17. The molecule has 2 aromatic rings. The highest BCUT2D eigenvalue weighted by Crippen LogP contribution is 2.32. The first-order valence-corrected chi connectivity index (χ1v) is 7.73. The summed E-state index contributed by atoms with van der Waals surface area (Å²) in [5.74, 6) is -0.318. The van der Waals surface area contributed by atoms with Crippen LogP contribution in [0.5, 0.6) is 5.75 Å². The van der Waals surface area contributed by atoms with Crippen LogP contribution >= 0.6 is 0 Å². The van der Waals surface area contributed by atoms with E-state index < -0.39 is 11.8 Å². The van der Waals surface area contributed by atoms with Gasteiger partial charge in [0.25, 0.3) is 0 Å². The van der Waals surface area contributed by atoms with Gasteiger partial charge in [-0.05, 0) is 25.5 Å². The maximum Gasteiger partial charge on any atom is 0.313 e. The Hall–Kier alpha value is -2.83. The average molecular weight is 331 g/mol. The molecule has 2 N–H and O–H groups in total. The lowest BCUT2D eigenvalue weighted by Gasteiger charge is -2.13. The van der Waals surface area contributed by atoms with Gasteiger partial charge in [0.2, 0.25) is 0 Å². The summed E-state index contributed by atoms with van der Waals surface area (Å²) in [6, 6.07) is 4.98. The van der Waals surface area contributed by atoms with E-state index in [2.05, 4.69) is 15.6 Å². The van der Waals surface area contributed by atoms with E-state index in [1.165, 1.54) is 13.5 Å². The molecule has 2 rings (SSSR count). The van der Waals surface area contributed by atoms with Crippen molar-refractivity contribution in [2.75, 3.05) is 12.4 Å². The summed E-state index contributed by atoms with van der Waals surface area (Å²) in [6.45, 7) is 3.88. The van der Waals surface area contributed by atoms with Crippen molar-refractivity contribution in [2.24, 2.45) is 0 Å². The van der Waals surface area contributed by atoms with Gasteiger partial charge in [0.1, 0.15) is 5.75 Å². The van der Waals surface area contributed by atoms with Gasteiger partial charge >= 0.3 is 11.8 Å². The summed E-state index contributed by atoms with van der Waals surface area (Å²) in [7, 11) is 1.51. The molecule has 24 heavy (non-hydrogen) atoms. The molecule has 0 saturated heterocycles. The van der Waals surface area contributed by atoms with Crippen LogP contribution in [-0.2, 0) is 9.59 Å². The number of benzene rings is 1. The van der Waals surface area contributed by atoms with Crippen molar-refractivity contribution in [3.05, 3.63) is 30.8 Å². The molecule has 0 saturated carbocycles. The summed E-state index contributed by atoms with van der Waals surface area (Å²) in [6.07, 6.45) is 4.65. The van der Waals surface area contributed by atoms with Crippen LogP contribution in [0.4, 0.5) is 5.69 Å². The number of anilines is 1. The molecule has 2 amide bonds. The molecule has 0 radical (unpaired) electrons. The minimum absolute atomic E-state index is 0.0448. The Bertz CT molecular complexity index is 698. The lowest BCUT2D eigenvalue weighted by molar-refractivity contribution is -0.136. The summed E-state index contributed by atoms with van der Waals surface area (Å²) >= 11 is 0. The van der Waals surface area contributed by atoms with E-state index in [1.54, 1.807) is 24.4 Å². The first kappa shape index (κ1) is 17.5. The van der Waals surface area contributed by atoms with Crippen molar-refractivity contribution in [2.45, 2.75) is 32.7 Å². The van der Waals surface area contributed by atoms with Gasteiger partial charge in [0.05, 0.1) is 18.9 Å². The molecule has 0 aliphatic carbocycles. The molecule has 1 aromatic heterocycles. The van der Waals surface area contributed by atoms with Crippen LogP contribution in [0.3, 0.4) is 0 Å². The summed E-state index contributed by atoms with van der Waals surface area (Å²) < 4.78 is 10.6. The number of hydrogen-bond donors (Lipinski definition) is 2. The number of nitrogens with one attached hydrogen (secondary N) is 2. The van der Waals surface area contributed by atoms with Crippen molar-refractivity contribution >= 4 is 17.5 Å². The predicted molar refractivity (Wildman–Crippen MR) is 89.6 cm³/mol. The molecule has 0 spiro atoms. The second kappa shape index (κ2) is 8.14. The normalized spacial score (nSPS) is 11.6. The first-order valence-electron chi connectivity index (χ1n) is 7.73. The van der Waals surface area contributed by atoms with Crippen LogP contribution in [-0.4, -0.2) is 29.9 Å². The Labute approximate surface area is 140 Å². The number of aromatic nitrogens is 1. The zero-order chi connectivity index (χ0) is 17.5. The second-order valence-corrected chi connectivity index (χ2v) is 5.40. The van der Waals surface area contributed by atoms with E-state index >= 15 is 0 Å². The number of rotatable bonds is 6. The number of ether oxygens (including phenoxy) is 1. The van der Waals surface area contributed by atoms with Crippen LogP contribution in [0, 0.1) is 0 Å². The molecule has 0 aliphatic heterocycles. The third kappa shape index (κ3) is 4.34. The van der Waals surface area contributed by atoms with Gasteiger partial charge in [-0.15, -0.1) is 0 Å². The van der Waals surface area contributed by atoms with Crippen molar-refractivity contribution in [3.63, 3.8) is 0 Å². The largest absolute Gasteiger partial charge is 0.496 e. The number of amides is 2. The van der Waals surface area contributed by atoms with Gasteiger partial charge in [0, 0.05) is 17.8 Å². The summed E-state index contributed by atoms with van der Waals surface area (Å²) in [5, 5.41) is 5.22. The first-order chi connectivity index (χ1) is 11.5. The fourth-order valence-electron chi connectivity index (χ4n) is 2.30. The van der Waals surface area contributed by atoms with E-state index in [1.807, 2.05) is 13.8 Å². The predicted octanol–water partition coefficient (Wildman–Crippen LogP) is 2.59. The van der Waals surface area contributed by atoms with Crippen LogP contribution in [0.15, 0.2) is 35.2 Å². The quantitative estimate of drug-likeness (QED) is 0.794. The van der Waals surface area contributed by atoms with Gasteiger partial charge in [-0.3, -0.25) is 9.59 Å². The maximum absolute atomic E-state index is 12.0. The van der Waals surface area contributed by atoms with Crippen molar-refractivity contribution in [1.82, 2.24) is 10.3 Å². The Morgan fingerprint density at radius 1 is 1.33 bits per heavy atom. The smallest absolute Gasteiger partial charge is 0.313 e. The Morgan fingerprint density at radius 3 is 2.75 bits per heavy atom. The highest BCUT2D eigenvalue weighted by molar-refractivity contribution is 6.39. The van der Waals surface area contributed by atoms with Crippen molar-refractivity contribution in [1.29, 1.82) is 0 Å². The minimum Gasteiger partial charge on any atom is -0.496 e. The second-order valence-electron chi connectivity index (χ2n) is 5.40. The molecule has 1 unspecified atom stereocenters. The van der Waals surface area contributed by atoms with E-state index in [0.717, 1.165) is 12.8 Å². The number of nitrogens with zero attached hydrogens (tertiary/aromatic N) is 1. The van der Waals surface area contributed by atoms with E-state index in [9.17, 15) is 9.59 Å². The Balaban J connectivity index is 2.07. The van der Waals surface area contributed by atoms with Crippen LogP contribution in [0.1, 0.15) is 26.7 Å². The lowest BCUT2D eigenvalue weighted by atomic mass is 10.1. The van der Waals surface area contributed by atoms with Gasteiger partial charge in [-0.1, -0.05) is 13.3 Å². The van der Waals surface area contributed by atoms with E-state index in [4.69, 9.17) is 9.15 Å². The topological polar surface area (TPSA) is 93.5 Å². The number of hydrogen-bond acceptors (Lipinski definition) is 5. The molecule has 7 heteroatoms. The third-order valence-corrected chi connectivity index (χ3v) is 3.46. The average Bonchev–Trinajstić information content (AvgIpc) is 3.09. The number of carbonyl (C=O) groups excluding carboxylic acids is 2. The van der Waals surface area contributed by atoms with E-state index in [0.29, 0.717) is 22.8 Å². The molecule has 128 valence electrons. The van der Waals surface area contributed by atoms with Gasteiger partial charge in [0.15, 0.2) is 12.2 Å². The zero-order valence-electron chi connectivity index (χ0n) is 14.0. The molecule has 0 aliphatic rings. The summed E-state index contributed by atoms with van der Waals surface area (Å²) in [5.41, 5.74) is 1.16. The fraction of sp³-hybridized carbons (Fsp3) is 0.353. The Kier molecular flexibility index (Phi) is 5.95. The van der Waals surface area contributed by atoms with E-state index in [-0.39, 0.29) is 6.04 Å². The van der Waals surface area contributed by atoms with Gasteiger partial charge in [-0.25, -0.2) is 4.98 Å². The summed E-state index contributed by atoms with van der Waals surface area (Å²) in [4.78, 5) is 27.7. The van der Waals surface area contributed by atoms with Gasteiger partial charge < -0.3 is 19.8 Å². The molecule has 0 fully saturated rings. The molecular formula is C17H21N3O4. The highest BCUT2D eigenvalue weighted by atomic mass is 16.5. The number of carbonyl (C=O) groups is 2. The molecule has 1 aromatic carbocycles. The monoisotopic (exact) mass is 331 g/mol. The molecule has 7 nitrogen and oxygen atoms in total. The standard InChI is InChI=1S/C17H21N3O4/c1-4-5-11(2)19-16(21)17(22)20-12-6-7-13(14(8-12)23-3)15-9-18-10-24-15/h6-11H,4-5H2,1-3H3,(H,19,21)(H,20,22). The zero-order valence-corrected chi connectivity index (χ0v) is 14.0. The van der Waals surface area contributed by atoms with Crippen LogP contribution in [0.2, 0.25) is 0 Å². The van der Waals surface area contributed by atoms with Crippen LogP contribution in [0.25, 0.3) is 11.3 Å². The molecule has 1 atom stereocenters. The SMILES string of the molecule is CCCC(C)NC(=O)C(=O)Nc1ccc(-c2cnco2)c(OC)c1.